The Morgan fingerprint density at radius 2 is 1.50 bits per heavy atom. The van der Waals surface area contributed by atoms with Gasteiger partial charge in [-0.05, 0) is 82.8 Å². The summed E-state index contributed by atoms with van der Waals surface area (Å²) in [6.07, 6.45) is 1.65. The minimum Gasteiger partial charge on any atom is -0.321 e. The lowest BCUT2D eigenvalue weighted by molar-refractivity contribution is -0.113. The zero-order valence-corrected chi connectivity index (χ0v) is 18.4. The normalized spacial score (nSPS) is 11.0. The van der Waals surface area contributed by atoms with Crippen LogP contribution in [0.2, 0.25) is 0 Å². The molecule has 0 spiro atoms. The Balaban J connectivity index is 1.86. The molecule has 28 heavy (non-hydrogen) atoms. The fourth-order valence-electron chi connectivity index (χ4n) is 2.40. The van der Waals surface area contributed by atoms with E-state index in [0.29, 0.717) is 11.3 Å². The minimum absolute atomic E-state index is 0.162. The maximum atomic E-state index is 12.8. The van der Waals surface area contributed by atoms with Crippen LogP contribution in [0.25, 0.3) is 6.08 Å². The van der Waals surface area contributed by atoms with Crippen molar-refractivity contribution in [2.45, 2.75) is 0 Å². The number of hydrogen-bond acceptors (Lipinski definition) is 2. The lowest BCUT2D eigenvalue weighted by Gasteiger charge is -2.11. The molecule has 0 heterocycles. The van der Waals surface area contributed by atoms with E-state index in [4.69, 9.17) is 0 Å². The summed E-state index contributed by atoms with van der Waals surface area (Å²) in [6, 6.07) is 23.7. The van der Waals surface area contributed by atoms with Crippen LogP contribution in [-0.2, 0) is 4.79 Å². The molecule has 0 saturated carbocycles. The fraction of sp³-hybridized carbons (Fsp3) is 0. The van der Waals surface area contributed by atoms with E-state index in [9.17, 15) is 9.59 Å². The molecule has 0 aromatic heterocycles. The molecule has 0 unspecified atom stereocenters. The van der Waals surface area contributed by atoms with Crippen molar-refractivity contribution in [3.05, 3.63) is 104 Å². The van der Waals surface area contributed by atoms with Crippen molar-refractivity contribution < 1.29 is 9.59 Å². The number of anilines is 1. The average molecular weight is 547 g/mol. The van der Waals surface area contributed by atoms with Crippen molar-refractivity contribution in [3.8, 4) is 0 Å². The quantitative estimate of drug-likeness (QED) is 0.329. The summed E-state index contributed by atoms with van der Waals surface area (Å²) in [7, 11) is 0. The van der Waals surface area contributed by atoms with Gasteiger partial charge in [0.2, 0.25) is 0 Å². The molecular formula is C22H16BrIN2O2. The summed E-state index contributed by atoms with van der Waals surface area (Å²) in [5.74, 6) is -0.741. The molecule has 0 radical (unpaired) electrons. The van der Waals surface area contributed by atoms with Gasteiger partial charge in [0.25, 0.3) is 11.8 Å². The first kappa shape index (κ1) is 20.3. The highest BCUT2D eigenvalue weighted by molar-refractivity contribution is 14.1. The first-order valence-corrected chi connectivity index (χ1v) is 10.3. The second-order valence-corrected chi connectivity index (χ2v) is 8.05. The third-order valence-electron chi connectivity index (χ3n) is 3.81. The minimum atomic E-state index is -0.395. The Morgan fingerprint density at radius 3 is 2.14 bits per heavy atom. The van der Waals surface area contributed by atoms with Crippen LogP contribution in [0, 0.1) is 3.57 Å². The SMILES string of the molecule is O=C(Nc1ccc(I)cc1)C(=Cc1ccc(Br)cc1)NC(=O)c1ccccc1. The van der Waals surface area contributed by atoms with Crippen LogP contribution in [0.3, 0.4) is 0 Å². The van der Waals surface area contributed by atoms with Gasteiger partial charge in [0, 0.05) is 19.3 Å². The van der Waals surface area contributed by atoms with Crippen LogP contribution in [0.5, 0.6) is 0 Å². The predicted molar refractivity (Wildman–Crippen MR) is 124 cm³/mol. The van der Waals surface area contributed by atoms with Gasteiger partial charge in [-0.2, -0.15) is 0 Å². The van der Waals surface area contributed by atoms with Crippen LogP contribution in [-0.4, -0.2) is 11.8 Å². The van der Waals surface area contributed by atoms with E-state index >= 15 is 0 Å². The van der Waals surface area contributed by atoms with Gasteiger partial charge in [0.05, 0.1) is 0 Å². The topological polar surface area (TPSA) is 58.2 Å². The maximum absolute atomic E-state index is 12.8. The third-order valence-corrected chi connectivity index (χ3v) is 5.06. The Labute approximate surface area is 185 Å². The first-order chi connectivity index (χ1) is 13.5. The van der Waals surface area contributed by atoms with E-state index in [2.05, 4.69) is 49.2 Å². The summed E-state index contributed by atoms with van der Waals surface area (Å²) < 4.78 is 2.00. The molecule has 3 aromatic carbocycles. The van der Waals surface area contributed by atoms with E-state index in [0.717, 1.165) is 13.6 Å². The molecule has 0 bridgehead atoms. The highest BCUT2D eigenvalue weighted by Gasteiger charge is 2.15. The van der Waals surface area contributed by atoms with Crippen molar-refractivity contribution in [2.75, 3.05) is 5.32 Å². The van der Waals surface area contributed by atoms with Gasteiger partial charge < -0.3 is 10.6 Å². The largest absolute Gasteiger partial charge is 0.321 e. The summed E-state index contributed by atoms with van der Waals surface area (Å²) >= 11 is 5.59. The van der Waals surface area contributed by atoms with Crippen molar-refractivity contribution in [1.82, 2.24) is 5.32 Å². The van der Waals surface area contributed by atoms with Gasteiger partial charge in [-0.1, -0.05) is 46.3 Å². The van der Waals surface area contributed by atoms with Crippen LogP contribution >= 0.6 is 38.5 Å². The number of nitrogens with one attached hydrogen (secondary N) is 2. The Hall–Kier alpha value is -2.45. The molecule has 140 valence electrons. The summed E-state index contributed by atoms with van der Waals surface area (Å²) in [5.41, 5.74) is 2.09. The van der Waals surface area contributed by atoms with Gasteiger partial charge >= 0.3 is 0 Å². The number of halogens is 2. The monoisotopic (exact) mass is 546 g/mol. The molecule has 0 aliphatic heterocycles. The number of carbonyl (C=O) groups is 2. The number of rotatable bonds is 5. The number of benzene rings is 3. The van der Waals surface area contributed by atoms with E-state index in [1.165, 1.54) is 0 Å². The highest BCUT2D eigenvalue weighted by Crippen LogP contribution is 2.15. The zero-order valence-electron chi connectivity index (χ0n) is 14.7. The van der Waals surface area contributed by atoms with Gasteiger partial charge in [0.1, 0.15) is 5.70 Å². The van der Waals surface area contributed by atoms with Crippen LogP contribution in [0.1, 0.15) is 15.9 Å². The lowest BCUT2D eigenvalue weighted by Crippen LogP contribution is -2.30. The Bertz CT molecular complexity index is 1000. The molecular weight excluding hydrogens is 531 g/mol. The summed E-state index contributed by atoms with van der Waals surface area (Å²) in [5, 5.41) is 5.55. The van der Waals surface area contributed by atoms with Gasteiger partial charge in [0.15, 0.2) is 0 Å². The molecule has 0 saturated heterocycles. The van der Waals surface area contributed by atoms with Crippen molar-refractivity contribution in [1.29, 1.82) is 0 Å². The average Bonchev–Trinajstić information content (AvgIpc) is 2.71. The number of amides is 2. The zero-order chi connectivity index (χ0) is 19.9. The van der Waals surface area contributed by atoms with Gasteiger partial charge in [-0.25, -0.2) is 0 Å². The molecule has 0 aliphatic rings. The molecule has 3 rings (SSSR count). The first-order valence-electron chi connectivity index (χ1n) is 8.42. The van der Waals surface area contributed by atoms with Crippen molar-refractivity contribution in [3.63, 3.8) is 0 Å². The molecule has 2 N–H and O–H groups in total. The molecule has 3 aromatic rings. The molecule has 0 aliphatic carbocycles. The van der Waals surface area contributed by atoms with Crippen molar-refractivity contribution in [2.24, 2.45) is 0 Å². The summed E-state index contributed by atoms with van der Waals surface area (Å²) in [4.78, 5) is 25.4. The van der Waals surface area contributed by atoms with Crippen LogP contribution < -0.4 is 10.6 Å². The van der Waals surface area contributed by atoms with Gasteiger partial charge in [-0.15, -0.1) is 0 Å². The lowest BCUT2D eigenvalue weighted by atomic mass is 10.1. The summed E-state index contributed by atoms with van der Waals surface area (Å²) in [6.45, 7) is 0. The van der Waals surface area contributed by atoms with E-state index in [1.807, 2.05) is 54.6 Å². The van der Waals surface area contributed by atoms with E-state index < -0.39 is 5.91 Å². The molecule has 0 fully saturated rings. The second-order valence-electron chi connectivity index (χ2n) is 5.89. The molecule has 2 amide bonds. The van der Waals surface area contributed by atoms with Crippen LogP contribution in [0.15, 0.2) is 89.0 Å². The Morgan fingerprint density at radius 1 is 0.857 bits per heavy atom. The molecule has 0 atom stereocenters. The number of hydrogen-bond donors (Lipinski definition) is 2. The standard InChI is InChI=1S/C22H16BrIN2O2/c23-17-8-6-15(7-9-17)14-20(26-21(27)16-4-2-1-3-5-16)22(28)25-19-12-10-18(24)11-13-19/h1-14H,(H,25,28)(H,26,27). The predicted octanol–water partition coefficient (Wildman–Crippen LogP) is 5.46. The van der Waals surface area contributed by atoms with E-state index in [-0.39, 0.29) is 11.6 Å². The molecule has 4 nitrogen and oxygen atoms in total. The van der Waals surface area contributed by atoms with Crippen LogP contribution in [0.4, 0.5) is 5.69 Å². The Kier molecular flexibility index (Phi) is 7.00. The van der Waals surface area contributed by atoms with E-state index in [1.54, 1.807) is 30.3 Å². The van der Waals surface area contributed by atoms with Crippen molar-refractivity contribution >= 4 is 62.1 Å². The smallest absolute Gasteiger partial charge is 0.272 e. The second kappa shape index (κ2) is 9.66. The number of carbonyl (C=O) groups excluding carboxylic acids is 2. The van der Waals surface area contributed by atoms with Gasteiger partial charge in [-0.3, -0.25) is 9.59 Å². The third kappa shape index (κ3) is 5.77. The highest BCUT2D eigenvalue weighted by atomic mass is 127. The fourth-order valence-corrected chi connectivity index (χ4v) is 3.02. The maximum Gasteiger partial charge on any atom is 0.272 e. The molecule has 6 heteroatoms.